The molecular formula is C9H11ClN2O2. The molecule has 1 rings (SSSR count). The molecule has 76 valence electrons. The number of pyridine rings is 1. The minimum absolute atomic E-state index is 0.0588. The molecule has 0 fully saturated rings. The topological polar surface area (TPSA) is 62.2 Å². The zero-order chi connectivity index (χ0) is 10.4. The number of aliphatic hydroxyl groups is 1. The minimum atomic E-state index is -0.277. The molecule has 1 amide bonds. The van der Waals surface area contributed by atoms with Gasteiger partial charge in [0.2, 0.25) is 0 Å². The van der Waals surface area contributed by atoms with Crippen LogP contribution in [0.2, 0.25) is 5.15 Å². The Morgan fingerprint density at radius 1 is 1.57 bits per heavy atom. The number of carbonyl (C=O) groups is 1. The van der Waals surface area contributed by atoms with Crippen LogP contribution in [0, 0.1) is 0 Å². The molecule has 0 atom stereocenters. The van der Waals surface area contributed by atoms with Crippen LogP contribution in [0.5, 0.6) is 0 Å². The number of rotatable bonds is 4. The molecule has 0 spiro atoms. The predicted octanol–water partition coefficient (Wildman–Crippen LogP) is 0.847. The third-order valence-corrected chi connectivity index (χ3v) is 1.78. The van der Waals surface area contributed by atoms with Crippen molar-refractivity contribution in [2.45, 2.75) is 6.42 Å². The Kier molecular flexibility index (Phi) is 4.35. The average molecular weight is 215 g/mol. The number of nitrogens with one attached hydrogen (secondary N) is 1. The maximum atomic E-state index is 11.4. The van der Waals surface area contributed by atoms with E-state index >= 15 is 0 Å². The average Bonchev–Trinajstić information content (AvgIpc) is 2.18. The summed E-state index contributed by atoms with van der Waals surface area (Å²) in [6.45, 7) is 0.493. The summed E-state index contributed by atoms with van der Waals surface area (Å²) in [4.78, 5) is 15.2. The third-order valence-electron chi connectivity index (χ3n) is 1.57. The molecule has 0 saturated carbocycles. The zero-order valence-corrected chi connectivity index (χ0v) is 8.29. The molecule has 2 N–H and O–H groups in total. The van der Waals surface area contributed by atoms with Crippen molar-refractivity contribution >= 4 is 17.5 Å². The van der Waals surface area contributed by atoms with E-state index in [4.69, 9.17) is 16.7 Å². The lowest BCUT2D eigenvalue weighted by Gasteiger charge is -2.02. The summed E-state index contributed by atoms with van der Waals surface area (Å²) < 4.78 is 0. The number of hydrogen-bond acceptors (Lipinski definition) is 3. The Balaban J connectivity index is 2.52. The van der Waals surface area contributed by atoms with E-state index in [1.165, 1.54) is 0 Å². The van der Waals surface area contributed by atoms with E-state index in [2.05, 4.69) is 10.3 Å². The van der Waals surface area contributed by atoms with Gasteiger partial charge in [-0.3, -0.25) is 4.79 Å². The number of nitrogens with zero attached hydrogens (tertiary/aromatic N) is 1. The molecule has 0 aliphatic carbocycles. The molecule has 0 radical (unpaired) electrons. The van der Waals surface area contributed by atoms with E-state index in [0.29, 0.717) is 18.1 Å². The second-order valence-electron chi connectivity index (χ2n) is 2.68. The lowest BCUT2D eigenvalue weighted by atomic mass is 10.3. The number of amides is 1. The smallest absolute Gasteiger partial charge is 0.269 e. The molecule has 14 heavy (non-hydrogen) atoms. The number of aromatic nitrogens is 1. The quantitative estimate of drug-likeness (QED) is 0.577. The molecule has 5 heteroatoms. The van der Waals surface area contributed by atoms with E-state index in [1.807, 2.05) is 0 Å². The minimum Gasteiger partial charge on any atom is -0.396 e. The SMILES string of the molecule is O=C(NCCCO)c1cccc(Cl)n1. The van der Waals surface area contributed by atoms with Crippen molar-refractivity contribution in [1.82, 2.24) is 10.3 Å². The van der Waals surface area contributed by atoms with Gasteiger partial charge in [-0.25, -0.2) is 4.98 Å². The first-order valence-electron chi connectivity index (χ1n) is 4.25. The maximum absolute atomic E-state index is 11.4. The summed E-state index contributed by atoms with van der Waals surface area (Å²) in [5, 5.41) is 11.4. The standard InChI is InChI=1S/C9H11ClN2O2/c10-8-4-1-3-7(12-8)9(14)11-5-2-6-13/h1,3-4,13H,2,5-6H2,(H,11,14). The molecule has 0 unspecified atom stereocenters. The van der Waals surface area contributed by atoms with Crippen LogP contribution in [0.1, 0.15) is 16.9 Å². The Hall–Kier alpha value is -1.13. The fraction of sp³-hybridized carbons (Fsp3) is 0.333. The highest BCUT2D eigenvalue weighted by Gasteiger charge is 2.05. The molecule has 1 heterocycles. The van der Waals surface area contributed by atoms with Crippen LogP contribution >= 0.6 is 11.6 Å². The van der Waals surface area contributed by atoms with Gasteiger partial charge in [-0.2, -0.15) is 0 Å². The summed E-state index contributed by atoms with van der Waals surface area (Å²) in [6.07, 6.45) is 0.534. The van der Waals surface area contributed by atoms with Crippen molar-refractivity contribution < 1.29 is 9.90 Å². The highest BCUT2D eigenvalue weighted by atomic mass is 35.5. The number of hydrogen-bond donors (Lipinski definition) is 2. The third kappa shape index (κ3) is 3.32. The van der Waals surface area contributed by atoms with Gasteiger partial charge in [-0.1, -0.05) is 17.7 Å². The summed E-state index contributed by atoms with van der Waals surface area (Å²) >= 11 is 5.62. The Morgan fingerprint density at radius 3 is 3.00 bits per heavy atom. The molecule has 1 aromatic heterocycles. The second kappa shape index (κ2) is 5.57. The van der Waals surface area contributed by atoms with Crippen molar-refractivity contribution in [2.24, 2.45) is 0 Å². The second-order valence-corrected chi connectivity index (χ2v) is 3.07. The molecule has 4 nitrogen and oxygen atoms in total. The van der Waals surface area contributed by atoms with Crippen molar-refractivity contribution in [2.75, 3.05) is 13.2 Å². The predicted molar refractivity (Wildman–Crippen MR) is 53.3 cm³/mol. The molecule has 0 bridgehead atoms. The van der Waals surface area contributed by atoms with Crippen molar-refractivity contribution in [3.63, 3.8) is 0 Å². The Morgan fingerprint density at radius 2 is 2.36 bits per heavy atom. The largest absolute Gasteiger partial charge is 0.396 e. The first-order chi connectivity index (χ1) is 6.74. The molecule has 0 saturated heterocycles. The van der Waals surface area contributed by atoms with Gasteiger partial charge in [-0.05, 0) is 18.6 Å². The molecule has 0 aromatic carbocycles. The summed E-state index contributed by atoms with van der Waals surface area (Å²) in [6, 6.07) is 4.85. The monoisotopic (exact) mass is 214 g/mol. The molecule has 0 aliphatic heterocycles. The summed E-state index contributed by atoms with van der Waals surface area (Å²) in [5.74, 6) is -0.277. The number of carbonyl (C=O) groups excluding carboxylic acids is 1. The van der Waals surface area contributed by atoms with E-state index < -0.39 is 0 Å². The highest BCUT2D eigenvalue weighted by Crippen LogP contribution is 2.04. The van der Waals surface area contributed by atoms with Gasteiger partial charge in [0.25, 0.3) is 5.91 Å². The molecular weight excluding hydrogens is 204 g/mol. The summed E-state index contributed by atoms with van der Waals surface area (Å²) in [5.41, 5.74) is 0.287. The first-order valence-corrected chi connectivity index (χ1v) is 4.63. The van der Waals surface area contributed by atoms with E-state index in [-0.39, 0.29) is 18.2 Å². The molecule has 0 aliphatic rings. The van der Waals surface area contributed by atoms with Crippen LogP contribution in [-0.4, -0.2) is 29.1 Å². The summed E-state index contributed by atoms with van der Waals surface area (Å²) in [7, 11) is 0. The highest BCUT2D eigenvalue weighted by molar-refractivity contribution is 6.29. The van der Waals surface area contributed by atoms with Gasteiger partial charge in [0.15, 0.2) is 0 Å². The van der Waals surface area contributed by atoms with Crippen LogP contribution in [0.3, 0.4) is 0 Å². The van der Waals surface area contributed by atoms with E-state index in [0.717, 1.165) is 0 Å². The van der Waals surface area contributed by atoms with Gasteiger partial charge < -0.3 is 10.4 Å². The fourth-order valence-electron chi connectivity index (χ4n) is 0.906. The van der Waals surface area contributed by atoms with Crippen LogP contribution in [0.15, 0.2) is 18.2 Å². The van der Waals surface area contributed by atoms with Crippen molar-refractivity contribution in [1.29, 1.82) is 0 Å². The lowest BCUT2D eigenvalue weighted by molar-refractivity contribution is 0.0946. The Labute approximate surface area is 86.9 Å². The fourth-order valence-corrected chi connectivity index (χ4v) is 1.07. The van der Waals surface area contributed by atoms with Gasteiger partial charge in [0.05, 0.1) is 0 Å². The maximum Gasteiger partial charge on any atom is 0.269 e. The van der Waals surface area contributed by atoms with Gasteiger partial charge >= 0.3 is 0 Å². The van der Waals surface area contributed by atoms with E-state index in [9.17, 15) is 4.79 Å². The van der Waals surface area contributed by atoms with E-state index in [1.54, 1.807) is 18.2 Å². The number of halogens is 1. The lowest BCUT2D eigenvalue weighted by Crippen LogP contribution is -2.25. The van der Waals surface area contributed by atoms with Crippen LogP contribution < -0.4 is 5.32 Å². The van der Waals surface area contributed by atoms with Crippen molar-refractivity contribution in [3.8, 4) is 0 Å². The van der Waals surface area contributed by atoms with Gasteiger partial charge in [0, 0.05) is 13.2 Å². The van der Waals surface area contributed by atoms with Crippen LogP contribution in [0.4, 0.5) is 0 Å². The normalized spacial score (nSPS) is 9.86. The number of aliphatic hydroxyl groups excluding tert-OH is 1. The van der Waals surface area contributed by atoms with Crippen LogP contribution in [0.25, 0.3) is 0 Å². The first kappa shape index (κ1) is 10.9. The zero-order valence-electron chi connectivity index (χ0n) is 7.53. The molecule has 1 aromatic rings. The van der Waals surface area contributed by atoms with Crippen molar-refractivity contribution in [3.05, 3.63) is 29.0 Å². The van der Waals surface area contributed by atoms with Gasteiger partial charge in [0.1, 0.15) is 10.8 Å². The van der Waals surface area contributed by atoms with Gasteiger partial charge in [-0.15, -0.1) is 0 Å². The Bertz CT molecular complexity index is 317. The van der Waals surface area contributed by atoms with Crippen LogP contribution in [-0.2, 0) is 0 Å².